The number of rotatable bonds is 3. The summed E-state index contributed by atoms with van der Waals surface area (Å²) in [5.41, 5.74) is 8.76. The number of primary amides is 1. The van der Waals surface area contributed by atoms with Gasteiger partial charge in [-0.15, -0.1) is 5.59 Å². The number of carbonyl (C=O) groups is 1. The number of hydrogen-bond acceptors (Lipinski definition) is 3. The Morgan fingerprint density at radius 3 is 2.88 bits per heavy atom. The summed E-state index contributed by atoms with van der Waals surface area (Å²) in [6.45, 7) is 2.25. The normalized spacial score (nSPS) is 8.62. The van der Waals surface area contributed by atoms with E-state index in [0.717, 1.165) is 0 Å². The van der Waals surface area contributed by atoms with Gasteiger partial charge >= 0.3 is 6.03 Å². The second-order valence-electron chi connectivity index (χ2n) is 1.02. The van der Waals surface area contributed by atoms with Gasteiger partial charge in [-0.1, -0.05) is 0 Å². The van der Waals surface area contributed by atoms with Crippen molar-refractivity contribution in [2.75, 3.05) is 6.61 Å². The van der Waals surface area contributed by atoms with Crippen molar-refractivity contribution < 1.29 is 9.63 Å². The molecule has 5 heteroatoms. The van der Waals surface area contributed by atoms with E-state index in [0.29, 0.717) is 6.61 Å². The first-order chi connectivity index (χ1) is 3.77. The van der Waals surface area contributed by atoms with Crippen molar-refractivity contribution in [3.05, 3.63) is 0 Å². The maximum absolute atomic E-state index is 9.84. The molecule has 0 unspecified atom stereocenters. The third kappa shape index (κ3) is 5.19. The molecule has 0 saturated carbocycles. The molecule has 0 heterocycles. The van der Waals surface area contributed by atoms with Crippen LogP contribution in [0.15, 0.2) is 0 Å². The van der Waals surface area contributed by atoms with Crippen LogP contribution in [0.5, 0.6) is 0 Å². The van der Waals surface area contributed by atoms with Crippen LogP contribution in [0.2, 0.25) is 0 Å². The summed E-state index contributed by atoms with van der Waals surface area (Å²) in [6.07, 6.45) is 0. The van der Waals surface area contributed by atoms with Crippen molar-refractivity contribution >= 4 is 6.03 Å². The highest BCUT2D eigenvalue weighted by molar-refractivity contribution is 5.70. The minimum absolute atomic E-state index is 0.472. The lowest BCUT2D eigenvalue weighted by molar-refractivity contribution is 0.0289. The molecule has 8 heavy (non-hydrogen) atoms. The SMILES string of the molecule is CCONNC(N)=O. The number of hydrazine groups is 1. The van der Waals surface area contributed by atoms with Gasteiger partial charge in [-0.3, -0.25) is 10.3 Å². The first-order valence-corrected chi connectivity index (χ1v) is 2.19. The highest BCUT2D eigenvalue weighted by Gasteiger charge is 1.84. The lowest BCUT2D eigenvalue weighted by atomic mass is 10.9. The molecule has 0 aliphatic rings. The summed E-state index contributed by atoms with van der Waals surface area (Å²) in [5.74, 6) is 0. The predicted octanol–water partition coefficient (Wildman–Crippen LogP) is -0.889. The third-order valence-corrected chi connectivity index (χ3v) is 0.391. The van der Waals surface area contributed by atoms with Crippen LogP contribution < -0.4 is 16.7 Å². The number of nitrogens with two attached hydrogens (primary N) is 1. The van der Waals surface area contributed by atoms with Crippen LogP contribution in [0, 0.1) is 0 Å². The predicted molar refractivity (Wildman–Crippen MR) is 27.5 cm³/mol. The fourth-order valence-corrected chi connectivity index (χ4v) is 0.159. The number of hydrogen-bond donors (Lipinski definition) is 3. The van der Waals surface area contributed by atoms with Gasteiger partial charge < -0.3 is 5.73 Å². The fraction of sp³-hybridized carbons (Fsp3) is 0.667. The Balaban J connectivity index is 2.82. The Morgan fingerprint density at radius 2 is 2.50 bits per heavy atom. The molecule has 0 spiro atoms. The van der Waals surface area contributed by atoms with Crippen LogP contribution in [-0.2, 0) is 4.84 Å². The lowest BCUT2D eigenvalue weighted by Crippen LogP contribution is -2.40. The van der Waals surface area contributed by atoms with Crippen LogP contribution in [0.1, 0.15) is 6.92 Å². The summed E-state index contributed by atoms with van der Waals surface area (Å²) in [5, 5.41) is 0. The third-order valence-electron chi connectivity index (χ3n) is 0.391. The van der Waals surface area contributed by atoms with E-state index in [4.69, 9.17) is 0 Å². The molecule has 2 amide bonds. The standard InChI is InChI=1S/C3H9N3O2/c1-2-8-6-5-3(4)7/h6H,2H2,1H3,(H3,4,5,7). The van der Waals surface area contributed by atoms with Gasteiger partial charge in [-0.05, 0) is 6.92 Å². The Bertz CT molecular complexity index is 74.9. The van der Waals surface area contributed by atoms with Crippen LogP contribution >= 0.6 is 0 Å². The topological polar surface area (TPSA) is 76.4 Å². The molecule has 48 valence electrons. The van der Waals surface area contributed by atoms with E-state index in [1.165, 1.54) is 0 Å². The van der Waals surface area contributed by atoms with E-state index in [1.54, 1.807) is 6.92 Å². The Hall–Kier alpha value is -0.810. The van der Waals surface area contributed by atoms with Crippen molar-refractivity contribution in [3.63, 3.8) is 0 Å². The summed E-state index contributed by atoms with van der Waals surface area (Å²) < 4.78 is 0. The first-order valence-electron chi connectivity index (χ1n) is 2.19. The summed E-state index contributed by atoms with van der Waals surface area (Å²) in [6, 6.07) is -0.668. The number of urea groups is 1. The maximum atomic E-state index is 9.84. The minimum atomic E-state index is -0.668. The largest absolute Gasteiger partial charge is 0.350 e. The second kappa shape index (κ2) is 4.35. The fourth-order valence-electron chi connectivity index (χ4n) is 0.159. The van der Waals surface area contributed by atoms with Gasteiger partial charge in [0.2, 0.25) is 0 Å². The molecule has 0 fully saturated rings. The first kappa shape index (κ1) is 7.19. The van der Waals surface area contributed by atoms with Gasteiger partial charge in [-0.2, -0.15) is 0 Å². The molecule has 0 rings (SSSR count). The van der Waals surface area contributed by atoms with Crippen molar-refractivity contribution in [1.29, 1.82) is 0 Å². The molecule has 4 N–H and O–H groups in total. The quantitative estimate of drug-likeness (QED) is 0.333. The average molecular weight is 119 g/mol. The molecule has 0 atom stereocenters. The van der Waals surface area contributed by atoms with E-state index in [9.17, 15) is 4.79 Å². The summed E-state index contributed by atoms with van der Waals surface area (Å²) in [7, 11) is 0. The van der Waals surface area contributed by atoms with Crippen molar-refractivity contribution in [2.24, 2.45) is 5.73 Å². The van der Waals surface area contributed by atoms with Crippen LogP contribution in [-0.4, -0.2) is 12.6 Å². The van der Waals surface area contributed by atoms with Gasteiger partial charge in [0.25, 0.3) is 0 Å². The smallest absolute Gasteiger partial charge is 0.328 e. The highest BCUT2D eigenvalue weighted by Crippen LogP contribution is 1.56. The number of nitrogens with one attached hydrogen (secondary N) is 2. The monoisotopic (exact) mass is 119 g/mol. The van der Waals surface area contributed by atoms with E-state index in [2.05, 4.69) is 16.2 Å². The lowest BCUT2D eigenvalue weighted by Gasteiger charge is -2.00. The van der Waals surface area contributed by atoms with E-state index in [1.807, 2.05) is 5.43 Å². The van der Waals surface area contributed by atoms with Crippen molar-refractivity contribution in [1.82, 2.24) is 11.0 Å². The van der Waals surface area contributed by atoms with Crippen molar-refractivity contribution in [2.45, 2.75) is 6.92 Å². The Morgan fingerprint density at radius 1 is 1.88 bits per heavy atom. The van der Waals surface area contributed by atoms with Gasteiger partial charge in [0.15, 0.2) is 0 Å². The zero-order valence-corrected chi connectivity index (χ0v) is 4.60. The van der Waals surface area contributed by atoms with Gasteiger partial charge in [0.05, 0.1) is 6.61 Å². The molecule has 0 bridgehead atoms. The summed E-state index contributed by atoms with van der Waals surface area (Å²) >= 11 is 0. The zero-order valence-electron chi connectivity index (χ0n) is 4.60. The van der Waals surface area contributed by atoms with E-state index in [-0.39, 0.29) is 0 Å². The van der Waals surface area contributed by atoms with Gasteiger partial charge in [-0.25, -0.2) is 4.79 Å². The molecule has 0 radical (unpaired) electrons. The average Bonchev–Trinajstić information content (AvgIpc) is 1.66. The van der Waals surface area contributed by atoms with E-state index >= 15 is 0 Å². The van der Waals surface area contributed by atoms with Crippen molar-refractivity contribution in [3.8, 4) is 0 Å². The number of carbonyl (C=O) groups excluding carboxylic acids is 1. The maximum Gasteiger partial charge on any atom is 0.328 e. The van der Waals surface area contributed by atoms with Gasteiger partial charge in [0, 0.05) is 0 Å². The zero-order chi connectivity index (χ0) is 6.41. The van der Waals surface area contributed by atoms with E-state index < -0.39 is 6.03 Å². The van der Waals surface area contributed by atoms with Crippen LogP contribution in [0.25, 0.3) is 0 Å². The molecule has 5 nitrogen and oxygen atoms in total. The Labute approximate surface area is 47.1 Å². The van der Waals surface area contributed by atoms with Crippen LogP contribution in [0.4, 0.5) is 4.79 Å². The molecular formula is C3H9N3O2. The molecule has 0 aromatic carbocycles. The molecule has 0 saturated heterocycles. The molecule has 0 aliphatic heterocycles. The molecule has 0 aliphatic carbocycles. The summed E-state index contributed by atoms with van der Waals surface area (Å²) in [4.78, 5) is 14.3. The molecular weight excluding hydrogens is 110 g/mol. The Kier molecular flexibility index (Phi) is 3.91. The minimum Gasteiger partial charge on any atom is -0.350 e. The highest BCUT2D eigenvalue weighted by atomic mass is 16.7. The molecule has 0 aromatic rings. The van der Waals surface area contributed by atoms with Crippen LogP contribution in [0.3, 0.4) is 0 Å². The number of amides is 2. The second-order valence-corrected chi connectivity index (χ2v) is 1.02. The molecule has 0 aromatic heterocycles. The van der Waals surface area contributed by atoms with Gasteiger partial charge in [0.1, 0.15) is 0 Å².